The average Bonchev–Trinajstić information content (AvgIpc) is 2.38. The number of hydrogen-bond acceptors (Lipinski definition) is 5. The molecule has 6 heteroatoms. The van der Waals surface area contributed by atoms with Gasteiger partial charge in [-0.3, -0.25) is 14.5 Å². The van der Waals surface area contributed by atoms with E-state index in [0.717, 1.165) is 0 Å². The predicted octanol–water partition coefficient (Wildman–Crippen LogP) is 0.101. The van der Waals surface area contributed by atoms with Gasteiger partial charge in [0.15, 0.2) is 17.3 Å². The fourth-order valence-corrected chi connectivity index (χ4v) is 2.02. The molecule has 19 heavy (non-hydrogen) atoms. The van der Waals surface area contributed by atoms with Gasteiger partial charge in [-0.1, -0.05) is 0 Å². The van der Waals surface area contributed by atoms with Crippen molar-refractivity contribution in [3.05, 3.63) is 23.8 Å². The van der Waals surface area contributed by atoms with E-state index < -0.39 is 0 Å². The van der Waals surface area contributed by atoms with Crippen molar-refractivity contribution in [1.29, 1.82) is 0 Å². The molecule has 0 bridgehead atoms. The van der Waals surface area contributed by atoms with Gasteiger partial charge in [0.25, 0.3) is 0 Å². The molecule has 1 amide bonds. The van der Waals surface area contributed by atoms with E-state index in [0.29, 0.717) is 18.7 Å². The van der Waals surface area contributed by atoms with Crippen LogP contribution in [0.25, 0.3) is 0 Å². The van der Waals surface area contributed by atoms with Crippen molar-refractivity contribution < 1.29 is 19.8 Å². The molecular weight excluding hydrogens is 248 g/mol. The molecule has 1 aromatic carbocycles. The van der Waals surface area contributed by atoms with Crippen LogP contribution in [-0.4, -0.2) is 52.5 Å². The highest BCUT2D eigenvalue weighted by molar-refractivity contribution is 5.98. The third-order valence-corrected chi connectivity index (χ3v) is 3.27. The van der Waals surface area contributed by atoms with Crippen LogP contribution >= 0.6 is 0 Å². The molecule has 1 heterocycles. The summed E-state index contributed by atoms with van der Waals surface area (Å²) in [7, 11) is 0. The zero-order valence-electron chi connectivity index (χ0n) is 10.6. The number of ketones is 1. The summed E-state index contributed by atoms with van der Waals surface area (Å²) in [6, 6.07) is 3.61. The summed E-state index contributed by atoms with van der Waals surface area (Å²) in [6.45, 7) is 2.99. The van der Waals surface area contributed by atoms with E-state index in [1.54, 1.807) is 11.8 Å². The lowest BCUT2D eigenvalue weighted by Crippen LogP contribution is -2.55. The SMILES string of the molecule is CC1C(=O)NCCN1CC(=O)c1ccc(O)c(O)c1. The summed E-state index contributed by atoms with van der Waals surface area (Å²) in [5.74, 6) is -0.873. The number of carbonyl (C=O) groups is 2. The highest BCUT2D eigenvalue weighted by atomic mass is 16.3. The molecule has 1 unspecified atom stereocenters. The molecular formula is C13H16N2O4. The number of Topliss-reactive ketones (excluding diaryl/α,β-unsaturated/α-hetero) is 1. The van der Waals surface area contributed by atoms with Crippen LogP contribution in [0.1, 0.15) is 17.3 Å². The molecule has 0 aliphatic carbocycles. The summed E-state index contributed by atoms with van der Waals surface area (Å²) in [5, 5.41) is 21.3. The standard InChI is InChI=1S/C13H16N2O4/c1-8-13(19)14-4-5-15(8)7-12(18)9-2-3-10(16)11(17)6-9/h2-3,6,8,16-17H,4-5,7H2,1H3,(H,14,19). The zero-order chi connectivity index (χ0) is 14.0. The average molecular weight is 264 g/mol. The van der Waals surface area contributed by atoms with Crippen molar-refractivity contribution in [2.45, 2.75) is 13.0 Å². The molecule has 1 fully saturated rings. The van der Waals surface area contributed by atoms with E-state index in [-0.39, 0.29) is 35.8 Å². The van der Waals surface area contributed by atoms with E-state index in [9.17, 15) is 19.8 Å². The first-order valence-electron chi connectivity index (χ1n) is 6.06. The molecule has 0 radical (unpaired) electrons. The maximum Gasteiger partial charge on any atom is 0.237 e. The number of hydrogen-bond donors (Lipinski definition) is 3. The number of nitrogens with zero attached hydrogens (tertiary/aromatic N) is 1. The van der Waals surface area contributed by atoms with Gasteiger partial charge < -0.3 is 15.5 Å². The zero-order valence-corrected chi connectivity index (χ0v) is 10.6. The van der Waals surface area contributed by atoms with Crippen LogP contribution in [0.2, 0.25) is 0 Å². The Morgan fingerprint density at radius 2 is 2.16 bits per heavy atom. The number of phenols is 2. The number of phenolic OH excluding ortho intramolecular Hbond substituents is 2. The normalized spacial score (nSPS) is 20.1. The van der Waals surface area contributed by atoms with Crippen LogP contribution in [0.15, 0.2) is 18.2 Å². The van der Waals surface area contributed by atoms with Crippen LogP contribution in [-0.2, 0) is 4.79 Å². The van der Waals surface area contributed by atoms with Gasteiger partial charge in [-0.25, -0.2) is 0 Å². The second-order valence-corrected chi connectivity index (χ2v) is 4.56. The Hall–Kier alpha value is -2.08. The Kier molecular flexibility index (Phi) is 3.71. The Labute approximate surface area is 110 Å². The first-order chi connectivity index (χ1) is 8.99. The van der Waals surface area contributed by atoms with Crippen LogP contribution < -0.4 is 5.32 Å². The molecule has 1 aliphatic rings. The van der Waals surface area contributed by atoms with Gasteiger partial charge in [-0.15, -0.1) is 0 Å². The minimum atomic E-state index is -0.344. The Balaban J connectivity index is 2.08. The lowest BCUT2D eigenvalue weighted by atomic mass is 10.1. The largest absolute Gasteiger partial charge is 0.504 e. The van der Waals surface area contributed by atoms with Gasteiger partial charge in [-0.05, 0) is 25.1 Å². The molecule has 2 rings (SSSR count). The number of benzene rings is 1. The number of aromatic hydroxyl groups is 2. The number of carbonyl (C=O) groups excluding carboxylic acids is 2. The Morgan fingerprint density at radius 1 is 1.42 bits per heavy atom. The van der Waals surface area contributed by atoms with E-state index in [1.165, 1.54) is 18.2 Å². The minimum absolute atomic E-state index is 0.0902. The van der Waals surface area contributed by atoms with Crippen LogP contribution in [0.3, 0.4) is 0 Å². The van der Waals surface area contributed by atoms with Gasteiger partial charge in [-0.2, -0.15) is 0 Å². The lowest BCUT2D eigenvalue weighted by Gasteiger charge is -2.32. The highest BCUT2D eigenvalue weighted by Gasteiger charge is 2.27. The molecule has 1 aromatic rings. The van der Waals surface area contributed by atoms with Crippen molar-refractivity contribution in [3.63, 3.8) is 0 Å². The number of piperazine rings is 1. The molecule has 0 spiro atoms. The van der Waals surface area contributed by atoms with Crippen LogP contribution in [0, 0.1) is 0 Å². The summed E-state index contributed by atoms with van der Waals surface area (Å²) < 4.78 is 0. The third-order valence-electron chi connectivity index (χ3n) is 3.27. The first-order valence-corrected chi connectivity index (χ1v) is 6.06. The third kappa shape index (κ3) is 2.85. The fourth-order valence-electron chi connectivity index (χ4n) is 2.02. The van der Waals surface area contributed by atoms with E-state index in [2.05, 4.69) is 5.32 Å². The van der Waals surface area contributed by atoms with E-state index >= 15 is 0 Å². The Bertz CT molecular complexity index is 515. The van der Waals surface area contributed by atoms with Gasteiger partial charge in [0, 0.05) is 18.7 Å². The highest BCUT2D eigenvalue weighted by Crippen LogP contribution is 2.25. The smallest absolute Gasteiger partial charge is 0.237 e. The number of nitrogens with one attached hydrogen (secondary N) is 1. The summed E-state index contributed by atoms with van der Waals surface area (Å²) in [6.07, 6.45) is 0. The molecule has 102 valence electrons. The maximum absolute atomic E-state index is 12.1. The molecule has 1 saturated heterocycles. The van der Waals surface area contributed by atoms with Gasteiger partial charge in [0.05, 0.1) is 12.6 Å². The van der Waals surface area contributed by atoms with Crippen molar-refractivity contribution in [1.82, 2.24) is 10.2 Å². The molecule has 0 aromatic heterocycles. The maximum atomic E-state index is 12.1. The van der Waals surface area contributed by atoms with E-state index in [4.69, 9.17) is 0 Å². The summed E-state index contributed by atoms with van der Waals surface area (Å²) in [4.78, 5) is 25.3. The molecule has 3 N–H and O–H groups in total. The molecule has 0 saturated carbocycles. The quantitative estimate of drug-likeness (QED) is 0.532. The monoisotopic (exact) mass is 264 g/mol. The Morgan fingerprint density at radius 3 is 2.84 bits per heavy atom. The summed E-state index contributed by atoms with van der Waals surface area (Å²) >= 11 is 0. The number of rotatable bonds is 3. The van der Waals surface area contributed by atoms with Gasteiger partial charge in [0.2, 0.25) is 5.91 Å². The first kappa shape index (κ1) is 13.4. The predicted molar refractivity (Wildman–Crippen MR) is 68.1 cm³/mol. The second kappa shape index (κ2) is 5.27. The van der Waals surface area contributed by atoms with Crippen LogP contribution in [0.4, 0.5) is 0 Å². The van der Waals surface area contributed by atoms with Gasteiger partial charge in [0.1, 0.15) is 0 Å². The van der Waals surface area contributed by atoms with Crippen molar-refractivity contribution in [2.75, 3.05) is 19.6 Å². The molecule has 1 aliphatic heterocycles. The van der Waals surface area contributed by atoms with Gasteiger partial charge >= 0.3 is 0 Å². The fraction of sp³-hybridized carbons (Fsp3) is 0.385. The molecule has 1 atom stereocenters. The van der Waals surface area contributed by atoms with E-state index in [1.807, 2.05) is 0 Å². The van der Waals surface area contributed by atoms with Crippen molar-refractivity contribution in [2.24, 2.45) is 0 Å². The molecule has 6 nitrogen and oxygen atoms in total. The summed E-state index contributed by atoms with van der Waals surface area (Å²) in [5.41, 5.74) is 0.313. The topological polar surface area (TPSA) is 89.9 Å². The lowest BCUT2D eigenvalue weighted by molar-refractivity contribution is -0.127. The number of amides is 1. The minimum Gasteiger partial charge on any atom is -0.504 e. The van der Waals surface area contributed by atoms with Crippen molar-refractivity contribution >= 4 is 11.7 Å². The van der Waals surface area contributed by atoms with Crippen LogP contribution in [0.5, 0.6) is 11.5 Å². The second-order valence-electron chi connectivity index (χ2n) is 4.56. The van der Waals surface area contributed by atoms with Crippen molar-refractivity contribution in [3.8, 4) is 11.5 Å².